The molecule has 170 valence electrons. The first-order chi connectivity index (χ1) is 15.5. The summed E-state index contributed by atoms with van der Waals surface area (Å²) in [6, 6.07) is 15.6. The van der Waals surface area contributed by atoms with Crippen molar-refractivity contribution >= 4 is 0 Å². The summed E-state index contributed by atoms with van der Waals surface area (Å²) in [7, 11) is 9.29. The molecule has 7 heteroatoms. The molecule has 0 amide bonds. The van der Waals surface area contributed by atoms with Crippen LogP contribution in [-0.2, 0) is 5.60 Å². The zero-order valence-corrected chi connectivity index (χ0v) is 19.1. The first-order valence-electron chi connectivity index (χ1n) is 9.86. The molecule has 0 aliphatic carbocycles. The van der Waals surface area contributed by atoms with Crippen LogP contribution >= 0.6 is 0 Å². The zero-order valence-electron chi connectivity index (χ0n) is 19.1. The molecule has 0 heterocycles. The topological polar surface area (TPSA) is 75.6 Å². The first kappa shape index (κ1) is 23.1. The average molecular weight is 440 g/mol. The van der Waals surface area contributed by atoms with Crippen LogP contribution in [0.4, 0.5) is 0 Å². The van der Waals surface area contributed by atoms with Crippen molar-refractivity contribution in [2.24, 2.45) is 0 Å². The second-order valence-corrected chi connectivity index (χ2v) is 6.91. The second-order valence-electron chi connectivity index (χ2n) is 6.91. The maximum absolute atomic E-state index is 12.6. The van der Waals surface area contributed by atoms with Gasteiger partial charge in [-0.25, -0.2) is 0 Å². The van der Waals surface area contributed by atoms with Gasteiger partial charge in [-0.1, -0.05) is 0 Å². The maximum atomic E-state index is 12.6. The summed E-state index contributed by atoms with van der Waals surface area (Å²) < 4.78 is 33.2. The van der Waals surface area contributed by atoms with Crippen LogP contribution in [0.2, 0.25) is 0 Å². The monoisotopic (exact) mass is 440 g/mol. The molecule has 0 aliphatic heterocycles. The number of methoxy groups -OCH3 is 6. The van der Waals surface area contributed by atoms with E-state index < -0.39 is 5.60 Å². The molecule has 0 saturated heterocycles. The molecule has 0 unspecified atom stereocenters. The van der Waals surface area contributed by atoms with Gasteiger partial charge < -0.3 is 33.5 Å². The zero-order chi connectivity index (χ0) is 23.3. The lowest BCUT2D eigenvalue weighted by molar-refractivity contribution is 0.114. The fourth-order valence-electron chi connectivity index (χ4n) is 3.73. The van der Waals surface area contributed by atoms with Crippen LogP contribution in [0.1, 0.15) is 16.7 Å². The van der Waals surface area contributed by atoms with E-state index >= 15 is 0 Å². The Labute approximate surface area is 188 Å². The molecule has 0 aliphatic rings. The normalized spacial score (nSPS) is 11.0. The molecule has 0 aromatic heterocycles. The van der Waals surface area contributed by atoms with Crippen molar-refractivity contribution < 1.29 is 33.5 Å². The summed E-state index contributed by atoms with van der Waals surface area (Å²) in [6.07, 6.45) is 0. The quantitative estimate of drug-likeness (QED) is 0.504. The third kappa shape index (κ3) is 3.99. The standard InChI is InChI=1S/C25H28O7/c1-27-16-7-10-22(30-4)19(13-16)25(26,20-14-17(28-2)8-11-23(20)31-5)21-15-18(29-3)9-12-24(21)32-6/h7-15,26H,1-6H3. The van der Waals surface area contributed by atoms with Crippen LogP contribution in [-0.4, -0.2) is 47.8 Å². The van der Waals surface area contributed by atoms with Gasteiger partial charge >= 0.3 is 0 Å². The minimum atomic E-state index is -1.79. The maximum Gasteiger partial charge on any atom is 0.151 e. The fourth-order valence-corrected chi connectivity index (χ4v) is 3.73. The number of hydrogen-bond acceptors (Lipinski definition) is 7. The molecule has 3 rings (SSSR count). The lowest BCUT2D eigenvalue weighted by Crippen LogP contribution is -2.31. The van der Waals surface area contributed by atoms with Crippen molar-refractivity contribution in [1.82, 2.24) is 0 Å². The summed E-state index contributed by atoms with van der Waals surface area (Å²) in [5.41, 5.74) is -0.507. The van der Waals surface area contributed by atoms with Crippen LogP contribution in [0.3, 0.4) is 0 Å². The van der Waals surface area contributed by atoms with Crippen molar-refractivity contribution in [2.75, 3.05) is 42.7 Å². The predicted octanol–water partition coefficient (Wildman–Crippen LogP) is 4.02. The van der Waals surface area contributed by atoms with Gasteiger partial charge in [0.05, 0.1) is 42.7 Å². The molecule has 1 N–H and O–H groups in total. The lowest BCUT2D eigenvalue weighted by Gasteiger charge is -2.34. The van der Waals surface area contributed by atoms with E-state index in [9.17, 15) is 5.11 Å². The summed E-state index contributed by atoms with van der Waals surface area (Å²) in [4.78, 5) is 0. The molecule has 32 heavy (non-hydrogen) atoms. The highest BCUT2D eigenvalue weighted by Gasteiger charge is 2.42. The van der Waals surface area contributed by atoms with E-state index in [2.05, 4.69) is 0 Å². The summed E-state index contributed by atoms with van der Waals surface area (Å²) in [6.45, 7) is 0. The number of ether oxygens (including phenoxy) is 6. The highest BCUT2D eigenvalue weighted by Crippen LogP contribution is 2.49. The van der Waals surface area contributed by atoms with Gasteiger partial charge in [0.15, 0.2) is 5.60 Å². The Bertz CT molecular complexity index is 943. The van der Waals surface area contributed by atoms with E-state index in [1.807, 2.05) is 0 Å². The Morgan fingerprint density at radius 3 is 0.969 bits per heavy atom. The van der Waals surface area contributed by atoms with E-state index in [0.29, 0.717) is 51.2 Å². The van der Waals surface area contributed by atoms with E-state index in [1.165, 1.54) is 21.3 Å². The number of benzene rings is 3. The molecule has 0 spiro atoms. The molecular formula is C25H28O7. The molecule has 3 aromatic rings. The second kappa shape index (κ2) is 9.70. The summed E-state index contributed by atoms with van der Waals surface area (Å²) >= 11 is 0. The Kier molecular flexibility index (Phi) is 7.00. The number of aliphatic hydroxyl groups is 1. The van der Waals surface area contributed by atoms with Crippen molar-refractivity contribution in [1.29, 1.82) is 0 Å². The SMILES string of the molecule is COc1ccc(OC)c(C(O)(c2cc(OC)ccc2OC)c2cc(OC)ccc2OC)c1. The molecule has 3 aromatic carbocycles. The van der Waals surface area contributed by atoms with Crippen LogP contribution in [0, 0.1) is 0 Å². The van der Waals surface area contributed by atoms with Crippen LogP contribution in [0.15, 0.2) is 54.6 Å². The van der Waals surface area contributed by atoms with E-state index in [-0.39, 0.29) is 0 Å². The average Bonchev–Trinajstić information content (AvgIpc) is 2.86. The van der Waals surface area contributed by atoms with Gasteiger partial charge in [0.25, 0.3) is 0 Å². The lowest BCUT2D eigenvalue weighted by atomic mass is 9.78. The van der Waals surface area contributed by atoms with Crippen LogP contribution in [0.5, 0.6) is 34.5 Å². The number of rotatable bonds is 9. The molecular weight excluding hydrogens is 412 g/mol. The van der Waals surface area contributed by atoms with Gasteiger partial charge in [0.1, 0.15) is 34.5 Å². The third-order valence-electron chi connectivity index (χ3n) is 5.39. The van der Waals surface area contributed by atoms with E-state index in [4.69, 9.17) is 28.4 Å². The molecule has 7 nitrogen and oxygen atoms in total. The Hall–Kier alpha value is -3.58. The smallest absolute Gasteiger partial charge is 0.151 e. The molecule has 0 bridgehead atoms. The summed E-state index contributed by atoms with van der Waals surface area (Å²) in [5.74, 6) is 2.97. The van der Waals surface area contributed by atoms with Gasteiger partial charge in [-0.3, -0.25) is 0 Å². The Morgan fingerprint density at radius 1 is 0.469 bits per heavy atom. The fraction of sp³-hybridized carbons (Fsp3) is 0.280. The Balaban J connectivity index is 2.50. The van der Waals surface area contributed by atoms with Crippen molar-refractivity contribution in [3.63, 3.8) is 0 Å². The van der Waals surface area contributed by atoms with E-state index in [1.54, 1.807) is 75.9 Å². The van der Waals surface area contributed by atoms with Crippen molar-refractivity contribution in [3.8, 4) is 34.5 Å². The molecule has 0 saturated carbocycles. The minimum absolute atomic E-state index is 0.428. The van der Waals surface area contributed by atoms with Gasteiger partial charge in [-0.05, 0) is 54.6 Å². The highest BCUT2D eigenvalue weighted by molar-refractivity contribution is 5.62. The van der Waals surface area contributed by atoms with Crippen molar-refractivity contribution in [3.05, 3.63) is 71.3 Å². The van der Waals surface area contributed by atoms with Gasteiger partial charge in [0.2, 0.25) is 0 Å². The first-order valence-corrected chi connectivity index (χ1v) is 9.86. The van der Waals surface area contributed by atoms with Crippen LogP contribution < -0.4 is 28.4 Å². The minimum Gasteiger partial charge on any atom is -0.497 e. The third-order valence-corrected chi connectivity index (χ3v) is 5.39. The Morgan fingerprint density at radius 2 is 0.750 bits per heavy atom. The molecule has 0 fully saturated rings. The largest absolute Gasteiger partial charge is 0.497 e. The van der Waals surface area contributed by atoms with Gasteiger partial charge in [-0.2, -0.15) is 0 Å². The number of hydrogen-bond donors (Lipinski definition) is 1. The van der Waals surface area contributed by atoms with Crippen molar-refractivity contribution in [2.45, 2.75) is 5.60 Å². The highest BCUT2D eigenvalue weighted by atomic mass is 16.5. The van der Waals surface area contributed by atoms with Gasteiger partial charge in [-0.15, -0.1) is 0 Å². The molecule has 0 atom stereocenters. The van der Waals surface area contributed by atoms with Crippen LogP contribution in [0.25, 0.3) is 0 Å². The predicted molar refractivity (Wildman–Crippen MR) is 121 cm³/mol. The summed E-state index contributed by atoms with van der Waals surface area (Å²) in [5, 5.41) is 12.6. The molecule has 0 radical (unpaired) electrons. The van der Waals surface area contributed by atoms with E-state index in [0.717, 1.165) is 0 Å². The van der Waals surface area contributed by atoms with Gasteiger partial charge in [0, 0.05) is 16.7 Å².